The lowest BCUT2D eigenvalue weighted by Gasteiger charge is -2.24. The fourth-order valence-electron chi connectivity index (χ4n) is 3.23. The summed E-state index contributed by atoms with van der Waals surface area (Å²) in [6.45, 7) is 7.68. The van der Waals surface area contributed by atoms with Crippen LogP contribution >= 0.6 is 11.8 Å². The van der Waals surface area contributed by atoms with E-state index < -0.39 is 60.2 Å². The van der Waals surface area contributed by atoms with Crippen LogP contribution in [0.3, 0.4) is 0 Å². The topological polar surface area (TPSA) is 204 Å². The normalized spacial score (nSPS) is 12.4. The first-order valence-corrected chi connectivity index (χ1v) is 13.0. The molecule has 15 heteroatoms. The van der Waals surface area contributed by atoms with Crippen LogP contribution in [0.25, 0.3) is 0 Å². The molecule has 0 bridgehead atoms. The van der Waals surface area contributed by atoms with Gasteiger partial charge < -0.3 is 39.8 Å². The Balaban J connectivity index is 3.19. The Hall–Kier alpha value is -3.85. The van der Waals surface area contributed by atoms with Gasteiger partial charge in [0.2, 0.25) is 5.91 Å². The molecule has 0 saturated heterocycles. The van der Waals surface area contributed by atoms with Gasteiger partial charge >= 0.3 is 30.0 Å². The molecule has 0 radical (unpaired) electrons. The lowest BCUT2D eigenvalue weighted by atomic mass is 10.0. The molecular formula is C25H34N2O12S. The van der Waals surface area contributed by atoms with E-state index in [-0.39, 0.29) is 39.7 Å². The van der Waals surface area contributed by atoms with Crippen molar-refractivity contribution < 1.29 is 57.9 Å². The molecule has 14 nitrogen and oxygen atoms in total. The van der Waals surface area contributed by atoms with Crippen LogP contribution in [0.4, 0.5) is 4.79 Å². The smallest absolute Gasteiger partial charge is 0.408 e. The SMILES string of the molecule is COC(=O)[C@H](CSCc1c(OC(C)=O)cc(OC(C)=O)c(C)c1C(=O)O)NC(=O)[C@H](CO)NC(=O)OC(C)(C)C. The fourth-order valence-corrected chi connectivity index (χ4v) is 4.30. The zero-order valence-corrected chi connectivity index (χ0v) is 24.1. The Morgan fingerprint density at radius 3 is 2.02 bits per heavy atom. The molecule has 2 atom stereocenters. The van der Waals surface area contributed by atoms with Gasteiger partial charge in [-0.15, -0.1) is 0 Å². The summed E-state index contributed by atoms with van der Waals surface area (Å²) < 4.78 is 20.0. The van der Waals surface area contributed by atoms with E-state index in [9.17, 15) is 39.0 Å². The second-order valence-electron chi connectivity index (χ2n) is 9.32. The number of thioether (sulfide) groups is 1. The van der Waals surface area contributed by atoms with Crippen molar-refractivity contribution in [1.29, 1.82) is 0 Å². The van der Waals surface area contributed by atoms with Crippen molar-refractivity contribution >= 4 is 47.6 Å². The number of carbonyl (C=O) groups excluding carboxylic acids is 5. The number of carboxylic acids is 1. The monoisotopic (exact) mass is 586 g/mol. The predicted molar refractivity (Wildman–Crippen MR) is 141 cm³/mol. The highest BCUT2D eigenvalue weighted by Gasteiger charge is 2.29. The Bertz CT molecular complexity index is 1150. The standard InChI is InChI=1S/C25H34N2O12S/c1-12-18(37-13(2)29)8-19(38-14(3)30)15(20(12)22(32)33)10-40-11-17(23(34)36-7)26-21(31)16(9-28)27-24(35)39-25(4,5)6/h8,16-17,28H,9-11H2,1-7H3,(H,26,31)(H,27,35)(H,32,33)/t16-,17-/m0/s1. The Morgan fingerprint density at radius 2 is 1.55 bits per heavy atom. The number of amides is 2. The van der Waals surface area contributed by atoms with Crippen LogP contribution in [0.1, 0.15) is 56.1 Å². The lowest BCUT2D eigenvalue weighted by molar-refractivity contribution is -0.144. The summed E-state index contributed by atoms with van der Waals surface area (Å²) in [6, 6.07) is -1.50. The largest absolute Gasteiger partial charge is 0.478 e. The summed E-state index contributed by atoms with van der Waals surface area (Å²) in [5.74, 6) is -5.15. The van der Waals surface area contributed by atoms with Crippen LogP contribution in [-0.4, -0.2) is 83.2 Å². The van der Waals surface area contributed by atoms with E-state index >= 15 is 0 Å². The maximum absolute atomic E-state index is 12.7. The average Bonchev–Trinajstić information content (AvgIpc) is 2.81. The van der Waals surface area contributed by atoms with Crippen molar-refractivity contribution in [3.8, 4) is 11.5 Å². The van der Waals surface area contributed by atoms with E-state index in [4.69, 9.17) is 18.9 Å². The maximum Gasteiger partial charge on any atom is 0.408 e. The van der Waals surface area contributed by atoms with Crippen LogP contribution in [0, 0.1) is 6.92 Å². The van der Waals surface area contributed by atoms with Crippen molar-refractivity contribution in [2.75, 3.05) is 19.5 Å². The van der Waals surface area contributed by atoms with Gasteiger partial charge in [0.05, 0.1) is 19.3 Å². The maximum atomic E-state index is 12.7. The van der Waals surface area contributed by atoms with Gasteiger partial charge in [-0.1, -0.05) is 0 Å². The number of methoxy groups -OCH3 is 1. The van der Waals surface area contributed by atoms with Gasteiger partial charge in [-0.25, -0.2) is 14.4 Å². The van der Waals surface area contributed by atoms with Crippen LogP contribution in [0.5, 0.6) is 11.5 Å². The predicted octanol–water partition coefficient (Wildman–Crippen LogP) is 1.32. The quantitative estimate of drug-likeness (QED) is 0.202. The molecule has 0 aliphatic heterocycles. The first kappa shape index (κ1) is 34.2. The molecule has 0 aliphatic rings. The Labute approximate surface area is 235 Å². The molecule has 1 aromatic carbocycles. The number of benzene rings is 1. The molecule has 0 aliphatic carbocycles. The number of hydrogen-bond acceptors (Lipinski definition) is 12. The molecule has 0 spiro atoms. The molecule has 40 heavy (non-hydrogen) atoms. The second-order valence-corrected chi connectivity index (χ2v) is 10.4. The first-order valence-electron chi connectivity index (χ1n) is 11.8. The van der Waals surface area contributed by atoms with E-state index in [1.807, 2.05) is 0 Å². The van der Waals surface area contributed by atoms with E-state index in [1.165, 1.54) is 13.0 Å². The lowest BCUT2D eigenvalue weighted by Crippen LogP contribution is -2.54. The molecule has 1 rings (SSSR count). The van der Waals surface area contributed by atoms with Gasteiger partial charge in [-0.3, -0.25) is 14.4 Å². The third-order valence-corrected chi connectivity index (χ3v) is 5.91. The Morgan fingerprint density at radius 1 is 0.975 bits per heavy atom. The number of rotatable bonds is 12. The van der Waals surface area contributed by atoms with Crippen LogP contribution < -0.4 is 20.1 Å². The third-order valence-electron chi connectivity index (χ3n) is 4.85. The number of esters is 3. The number of nitrogens with one attached hydrogen (secondary N) is 2. The zero-order valence-electron chi connectivity index (χ0n) is 23.2. The number of carbonyl (C=O) groups is 6. The number of aromatic carboxylic acids is 1. The van der Waals surface area contributed by atoms with Crippen LogP contribution in [0.15, 0.2) is 6.07 Å². The van der Waals surface area contributed by atoms with Crippen molar-refractivity contribution in [2.45, 2.75) is 65.0 Å². The minimum atomic E-state index is -1.45. The molecule has 0 unspecified atom stereocenters. The van der Waals surface area contributed by atoms with Gasteiger partial charge in [0.1, 0.15) is 29.2 Å². The third kappa shape index (κ3) is 10.7. The minimum absolute atomic E-state index is 0.0656. The molecule has 4 N–H and O–H groups in total. The number of aliphatic hydroxyl groups excluding tert-OH is 1. The van der Waals surface area contributed by atoms with Crippen molar-refractivity contribution in [2.24, 2.45) is 0 Å². The molecule has 1 aromatic rings. The zero-order chi connectivity index (χ0) is 30.8. The van der Waals surface area contributed by atoms with Gasteiger partial charge in [0.15, 0.2) is 0 Å². The summed E-state index contributed by atoms with van der Waals surface area (Å²) in [6.07, 6.45) is -0.961. The number of aliphatic hydroxyl groups is 1. The molecule has 2 amide bonds. The Kier molecular flexibility index (Phi) is 12.9. The molecule has 0 fully saturated rings. The number of alkyl carbamates (subject to hydrolysis) is 1. The summed E-state index contributed by atoms with van der Waals surface area (Å²) in [5, 5.41) is 24.0. The van der Waals surface area contributed by atoms with Crippen molar-refractivity contribution in [3.05, 3.63) is 22.8 Å². The van der Waals surface area contributed by atoms with Crippen LogP contribution in [0.2, 0.25) is 0 Å². The number of ether oxygens (including phenoxy) is 4. The first-order chi connectivity index (χ1) is 18.5. The molecule has 222 valence electrons. The molecule has 0 aromatic heterocycles. The van der Waals surface area contributed by atoms with Crippen molar-refractivity contribution in [3.63, 3.8) is 0 Å². The summed E-state index contributed by atoms with van der Waals surface area (Å²) in [7, 11) is 1.09. The molecule has 0 saturated carbocycles. The number of carboxylic acid groups (broad SMARTS) is 1. The molecular weight excluding hydrogens is 552 g/mol. The summed E-state index contributed by atoms with van der Waals surface area (Å²) in [5.41, 5.74) is -0.967. The second kappa shape index (κ2) is 15.1. The van der Waals surface area contributed by atoms with Gasteiger partial charge in [0, 0.05) is 42.5 Å². The van der Waals surface area contributed by atoms with Gasteiger partial charge in [-0.05, 0) is 27.7 Å². The summed E-state index contributed by atoms with van der Waals surface area (Å²) in [4.78, 5) is 72.3. The van der Waals surface area contributed by atoms with Gasteiger partial charge in [-0.2, -0.15) is 11.8 Å². The highest BCUT2D eigenvalue weighted by Crippen LogP contribution is 2.36. The van der Waals surface area contributed by atoms with Crippen LogP contribution in [-0.2, 0) is 34.4 Å². The molecule has 0 heterocycles. The fraction of sp³-hybridized carbons (Fsp3) is 0.520. The minimum Gasteiger partial charge on any atom is -0.478 e. The van der Waals surface area contributed by atoms with E-state index in [1.54, 1.807) is 20.8 Å². The average molecular weight is 587 g/mol. The highest BCUT2D eigenvalue weighted by molar-refractivity contribution is 7.98. The van der Waals surface area contributed by atoms with E-state index in [2.05, 4.69) is 10.6 Å². The summed E-state index contributed by atoms with van der Waals surface area (Å²) >= 11 is 0.990. The number of hydrogen-bond donors (Lipinski definition) is 4. The van der Waals surface area contributed by atoms with E-state index in [0.717, 1.165) is 32.7 Å². The van der Waals surface area contributed by atoms with Crippen molar-refractivity contribution in [1.82, 2.24) is 10.6 Å². The highest BCUT2D eigenvalue weighted by atomic mass is 32.2. The van der Waals surface area contributed by atoms with E-state index in [0.29, 0.717) is 0 Å². The van der Waals surface area contributed by atoms with Gasteiger partial charge in [0.25, 0.3) is 0 Å².